The van der Waals surface area contributed by atoms with Crippen LogP contribution in [-0.2, 0) is 11.2 Å². The lowest BCUT2D eigenvalue weighted by Crippen LogP contribution is -2.28. The summed E-state index contributed by atoms with van der Waals surface area (Å²) >= 11 is 0. The van der Waals surface area contributed by atoms with E-state index in [0.29, 0.717) is 0 Å². The van der Waals surface area contributed by atoms with Crippen LogP contribution >= 0.6 is 0 Å². The van der Waals surface area contributed by atoms with Crippen molar-refractivity contribution in [1.82, 2.24) is 0 Å². The Morgan fingerprint density at radius 3 is 0.857 bits per heavy atom. The van der Waals surface area contributed by atoms with Crippen molar-refractivity contribution < 1.29 is 10.2 Å². The fourth-order valence-electron chi connectivity index (χ4n) is 5.64. The normalized spacial score (nSPS) is 12.0. The molecule has 2 N–H and O–H groups in total. The van der Waals surface area contributed by atoms with Crippen molar-refractivity contribution >= 4 is 12.2 Å². The molecular formula is C40H32O2. The molecular weight excluding hydrogens is 512 g/mol. The molecule has 204 valence electrons. The molecule has 0 aliphatic heterocycles. The van der Waals surface area contributed by atoms with E-state index >= 15 is 0 Å². The van der Waals surface area contributed by atoms with E-state index in [1.807, 2.05) is 182 Å². The quantitative estimate of drug-likeness (QED) is 0.149. The molecule has 6 rings (SSSR count). The maximum atomic E-state index is 12.2. The Morgan fingerprint density at radius 2 is 0.571 bits per heavy atom. The zero-order valence-corrected chi connectivity index (χ0v) is 23.2. The molecule has 6 aromatic rings. The molecule has 0 aliphatic carbocycles. The van der Waals surface area contributed by atoms with Gasteiger partial charge in [0.05, 0.1) is 0 Å². The summed E-state index contributed by atoms with van der Waals surface area (Å²) in [4.78, 5) is 0. The smallest absolute Gasteiger partial charge is 0.140 e. The highest BCUT2D eigenvalue weighted by Gasteiger charge is 2.34. The molecule has 0 heterocycles. The molecule has 0 radical (unpaired) electrons. The zero-order chi connectivity index (χ0) is 28.8. The van der Waals surface area contributed by atoms with Crippen LogP contribution in [0, 0.1) is 0 Å². The molecule has 0 fully saturated rings. The molecule has 0 atom stereocenters. The maximum absolute atomic E-state index is 12.2. The molecule has 2 nitrogen and oxygen atoms in total. The third-order valence-electron chi connectivity index (χ3n) is 7.84. The van der Waals surface area contributed by atoms with E-state index in [-0.39, 0.29) is 0 Å². The van der Waals surface area contributed by atoms with Gasteiger partial charge in [0.15, 0.2) is 0 Å². The summed E-state index contributed by atoms with van der Waals surface area (Å²) in [7, 11) is 0. The van der Waals surface area contributed by atoms with E-state index in [4.69, 9.17) is 0 Å². The van der Waals surface area contributed by atoms with Gasteiger partial charge in [-0.25, -0.2) is 0 Å². The van der Waals surface area contributed by atoms with Gasteiger partial charge in [-0.05, 0) is 56.6 Å². The van der Waals surface area contributed by atoms with Gasteiger partial charge >= 0.3 is 0 Å². The summed E-state index contributed by atoms with van der Waals surface area (Å²) in [5.74, 6) is 0. The standard InChI is InChI=1S/C40H32O2/c41-39(33-17-5-1-6-18-33,34-19-7-2-8-20-34)37-25-13-15-31(29-37)27-28-32-16-14-26-38(30-32)40(42,35-21-9-3-10-22-35)36-23-11-4-12-24-36/h1-30,41-42H/b28-27+. The van der Waals surface area contributed by atoms with Crippen LogP contribution in [0.15, 0.2) is 170 Å². The average Bonchev–Trinajstić information content (AvgIpc) is 3.08. The molecule has 42 heavy (non-hydrogen) atoms. The van der Waals surface area contributed by atoms with Gasteiger partial charge in [-0.1, -0.05) is 170 Å². The van der Waals surface area contributed by atoms with Crippen molar-refractivity contribution in [1.29, 1.82) is 0 Å². The summed E-state index contributed by atoms with van der Waals surface area (Å²) in [6.45, 7) is 0. The van der Waals surface area contributed by atoms with Crippen LogP contribution in [0.4, 0.5) is 0 Å². The van der Waals surface area contributed by atoms with E-state index in [2.05, 4.69) is 0 Å². The first kappa shape index (κ1) is 27.2. The lowest BCUT2D eigenvalue weighted by Gasteiger charge is -2.30. The first-order chi connectivity index (χ1) is 20.6. The number of aliphatic hydroxyl groups is 2. The number of hydrogen-bond donors (Lipinski definition) is 2. The Balaban J connectivity index is 1.37. The van der Waals surface area contributed by atoms with Crippen LogP contribution in [0.5, 0.6) is 0 Å². The SMILES string of the molecule is OC(c1ccccc1)(c1ccccc1)c1cccc(/C=C/c2cccc(C(O)(c3ccccc3)c3ccccc3)c2)c1. The van der Waals surface area contributed by atoms with Crippen molar-refractivity contribution in [2.75, 3.05) is 0 Å². The van der Waals surface area contributed by atoms with Crippen LogP contribution in [0.1, 0.15) is 44.5 Å². The second kappa shape index (κ2) is 11.8. The molecule has 0 aromatic heterocycles. The Bertz CT molecular complexity index is 1560. The van der Waals surface area contributed by atoms with Crippen molar-refractivity contribution in [2.24, 2.45) is 0 Å². The molecule has 0 aliphatic rings. The molecule has 0 bridgehead atoms. The molecule has 6 aromatic carbocycles. The van der Waals surface area contributed by atoms with E-state index in [9.17, 15) is 10.2 Å². The molecule has 0 saturated carbocycles. The highest BCUT2D eigenvalue weighted by atomic mass is 16.3. The number of hydrogen-bond acceptors (Lipinski definition) is 2. The van der Waals surface area contributed by atoms with E-state index in [0.717, 1.165) is 44.5 Å². The fourth-order valence-corrected chi connectivity index (χ4v) is 5.64. The summed E-state index contributed by atoms with van der Waals surface area (Å²) in [6, 6.07) is 55.1. The van der Waals surface area contributed by atoms with Crippen molar-refractivity contribution in [3.8, 4) is 0 Å². The maximum Gasteiger partial charge on any atom is 0.140 e. The van der Waals surface area contributed by atoms with Gasteiger partial charge in [0.25, 0.3) is 0 Å². The Labute approximate surface area is 247 Å². The third kappa shape index (κ3) is 5.22. The van der Waals surface area contributed by atoms with Gasteiger partial charge in [0.2, 0.25) is 0 Å². The minimum Gasteiger partial charge on any atom is -0.376 e. The van der Waals surface area contributed by atoms with Gasteiger partial charge in [0.1, 0.15) is 11.2 Å². The van der Waals surface area contributed by atoms with E-state index < -0.39 is 11.2 Å². The molecule has 0 amide bonds. The van der Waals surface area contributed by atoms with Crippen molar-refractivity contribution in [3.63, 3.8) is 0 Å². The zero-order valence-electron chi connectivity index (χ0n) is 23.2. The van der Waals surface area contributed by atoms with Crippen LogP contribution in [-0.4, -0.2) is 10.2 Å². The monoisotopic (exact) mass is 544 g/mol. The third-order valence-corrected chi connectivity index (χ3v) is 7.84. The van der Waals surface area contributed by atoms with Crippen LogP contribution < -0.4 is 0 Å². The van der Waals surface area contributed by atoms with Gasteiger partial charge in [-0.3, -0.25) is 0 Å². The van der Waals surface area contributed by atoms with Gasteiger partial charge < -0.3 is 10.2 Å². The Morgan fingerprint density at radius 1 is 0.310 bits per heavy atom. The number of rotatable bonds is 8. The second-order valence-corrected chi connectivity index (χ2v) is 10.5. The predicted octanol–water partition coefficient (Wildman–Crippen LogP) is 8.43. The summed E-state index contributed by atoms with van der Waals surface area (Å²) in [6.07, 6.45) is 4.09. The summed E-state index contributed by atoms with van der Waals surface area (Å²) < 4.78 is 0. The van der Waals surface area contributed by atoms with Gasteiger partial charge in [0, 0.05) is 0 Å². The summed E-state index contributed by atoms with van der Waals surface area (Å²) in [5.41, 5.74) is 4.16. The first-order valence-electron chi connectivity index (χ1n) is 14.1. The van der Waals surface area contributed by atoms with E-state index in [1.165, 1.54) is 0 Å². The second-order valence-electron chi connectivity index (χ2n) is 10.5. The minimum absolute atomic E-state index is 0.790. The summed E-state index contributed by atoms with van der Waals surface area (Å²) in [5, 5.41) is 24.5. The van der Waals surface area contributed by atoms with Gasteiger partial charge in [-0.15, -0.1) is 0 Å². The topological polar surface area (TPSA) is 40.5 Å². The van der Waals surface area contributed by atoms with E-state index in [1.54, 1.807) is 0 Å². The van der Waals surface area contributed by atoms with Crippen molar-refractivity contribution in [2.45, 2.75) is 11.2 Å². The number of benzene rings is 6. The first-order valence-corrected chi connectivity index (χ1v) is 14.1. The molecule has 0 saturated heterocycles. The largest absolute Gasteiger partial charge is 0.376 e. The molecule has 0 spiro atoms. The highest BCUT2D eigenvalue weighted by Crippen LogP contribution is 2.38. The highest BCUT2D eigenvalue weighted by molar-refractivity contribution is 5.71. The van der Waals surface area contributed by atoms with Crippen LogP contribution in [0.2, 0.25) is 0 Å². The fraction of sp³-hybridized carbons (Fsp3) is 0.0500. The van der Waals surface area contributed by atoms with Crippen LogP contribution in [0.25, 0.3) is 12.2 Å². The van der Waals surface area contributed by atoms with Gasteiger partial charge in [-0.2, -0.15) is 0 Å². The minimum atomic E-state index is -1.30. The molecule has 0 unspecified atom stereocenters. The molecule has 2 heteroatoms. The average molecular weight is 545 g/mol. The van der Waals surface area contributed by atoms with Crippen molar-refractivity contribution in [3.05, 3.63) is 214 Å². The Hall–Kier alpha value is -5.02. The van der Waals surface area contributed by atoms with Crippen LogP contribution in [0.3, 0.4) is 0 Å². The lowest BCUT2D eigenvalue weighted by atomic mass is 9.79. The predicted molar refractivity (Wildman–Crippen MR) is 172 cm³/mol. The Kier molecular flexibility index (Phi) is 7.66. The lowest BCUT2D eigenvalue weighted by molar-refractivity contribution is 0.125.